The third kappa shape index (κ3) is 4.59. The number of urea groups is 1. The first kappa shape index (κ1) is 20.6. The van der Waals surface area contributed by atoms with Gasteiger partial charge in [-0.15, -0.1) is 0 Å². The third-order valence-electron chi connectivity index (χ3n) is 4.84. The number of benzene rings is 3. The molecule has 1 aliphatic heterocycles. The van der Waals surface area contributed by atoms with E-state index in [1.165, 1.54) is 11.6 Å². The highest BCUT2D eigenvalue weighted by Gasteiger charge is 2.36. The van der Waals surface area contributed by atoms with E-state index in [0.29, 0.717) is 11.3 Å². The molecule has 3 aromatic carbocycles. The lowest BCUT2D eigenvalue weighted by Crippen LogP contribution is -2.54. The first-order valence-corrected chi connectivity index (χ1v) is 10.5. The highest BCUT2D eigenvalue weighted by molar-refractivity contribution is 7.99. The molecule has 154 valence electrons. The van der Waals surface area contributed by atoms with Crippen molar-refractivity contribution < 1.29 is 14.4 Å². The van der Waals surface area contributed by atoms with E-state index in [0.717, 1.165) is 20.3 Å². The maximum atomic E-state index is 12.9. The van der Waals surface area contributed by atoms with E-state index in [4.69, 9.17) is 0 Å². The Morgan fingerprint density at radius 1 is 0.742 bits per heavy atom. The fourth-order valence-electron chi connectivity index (χ4n) is 3.13. The van der Waals surface area contributed by atoms with Gasteiger partial charge < -0.3 is 0 Å². The first-order valence-electron chi connectivity index (χ1n) is 9.73. The number of nitrogens with zero attached hydrogens (tertiary/aromatic N) is 1. The standard InChI is InChI=1S/C25H20N2O3S/c1-16-3-9-19(10-4-16)27-24(29)22(23(28)26-25(27)30)15-18-7-13-21(14-8-18)31-20-11-5-17(2)6-12-20/h3-15H,1-2H3,(H,26,28,30)/b22-15+. The van der Waals surface area contributed by atoms with Gasteiger partial charge in [0.2, 0.25) is 0 Å². The number of barbiturate groups is 1. The molecule has 0 aliphatic carbocycles. The van der Waals surface area contributed by atoms with Crippen LogP contribution in [-0.2, 0) is 9.59 Å². The highest BCUT2D eigenvalue weighted by atomic mass is 32.2. The molecular weight excluding hydrogens is 408 g/mol. The van der Waals surface area contributed by atoms with Crippen LogP contribution in [-0.4, -0.2) is 17.8 Å². The zero-order valence-corrected chi connectivity index (χ0v) is 17.9. The molecule has 3 aromatic rings. The van der Waals surface area contributed by atoms with Crippen molar-refractivity contribution in [3.8, 4) is 0 Å². The van der Waals surface area contributed by atoms with Gasteiger partial charge >= 0.3 is 6.03 Å². The van der Waals surface area contributed by atoms with Gasteiger partial charge in [0.05, 0.1) is 5.69 Å². The molecule has 1 aliphatic rings. The van der Waals surface area contributed by atoms with Crippen LogP contribution in [0.1, 0.15) is 16.7 Å². The number of aryl methyl sites for hydroxylation is 2. The minimum atomic E-state index is -0.749. The zero-order chi connectivity index (χ0) is 22.0. The van der Waals surface area contributed by atoms with Crippen LogP contribution in [0.15, 0.2) is 88.2 Å². The molecule has 1 fully saturated rings. The molecule has 0 unspecified atom stereocenters. The summed E-state index contributed by atoms with van der Waals surface area (Å²) in [6.07, 6.45) is 1.51. The molecule has 4 amide bonds. The second kappa shape index (κ2) is 8.62. The molecule has 0 atom stereocenters. The van der Waals surface area contributed by atoms with Gasteiger partial charge in [0.1, 0.15) is 5.57 Å². The summed E-state index contributed by atoms with van der Waals surface area (Å²) in [5.41, 5.74) is 3.24. The Bertz CT molecular complexity index is 1180. The molecule has 5 nitrogen and oxygen atoms in total. The maximum absolute atomic E-state index is 12.9. The Balaban J connectivity index is 1.57. The summed E-state index contributed by atoms with van der Waals surface area (Å²) in [6, 6.07) is 22.0. The van der Waals surface area contributed by atoms with Crippen molar-refractivity contribution in [3.63, 3.8) is 0 Å². The van der Waals surface area contributed by atoms with E-state index < -0.39 is 17.8 Å². The Morgan fingerprint density at radius 2 is 1.26 bits per heavy atom. The lowest BCUT2D eigenvalue weighted by molar-refractivity contribution is -0.122. The van der Waals surface area contributed by atoms with Crippen molar-refractivity contribution in [1.29, 1.82) is 0 Å². The maximum Gasteiger partial charge on any atom is 0.335 e. The minimum absolute atomic E-state index is 0.0842. The average molecular weight is 429 g/mol. The van der Waals surface area contributed by atoms with Crippen LogP contribution in [0.2, 0.25) is 0 Å². The normalized spacial score (nSPS) is 15.4. The molecular formula is C25H20N2O3S. The summed E-state index contributed by atoms with van der Waals surface area (Å²) < 4.78 is 0. The SMILES string of the molecule is Cc1ccc(Sc2ccc(/C=C3\C(=O)NC(=O)N(c4ccc(C)cc4)C3=O)cc2)cc1. The smallest absolute Gasteiger partial charge is 0.273 e. The van der Waals surface area contributed by atoms with Gasteiger partial charge in [0.15, 0.2) is 0 Å². The quantitative estimate of drug-likeness (QED) is 0.463. The van der Waals surface area contributed by atoms with Crippen molar-refractivity contribution in [2.24, 2.45) is 0 Å². The van der Waals surface area contributed by atoms with Crippen molar-refractivity contribution in [1.82, 2.24) is 5.32 Å². The Labute approximate surface area is 184 Å². The number of hydrogen-bond acceptors (Lipinski definition) is 4. The van der Waals surface area contributed by atoms with Crippen molar-refractivity contribution in [2.45, 2.75) is 23.6 Å². The first-order chi connectivity index (χ1) is 14.9. The van der Waals surface area contributed by atoms with Crippen molar-refractivity contribution >= 4 is 41.4 Å². The molecule has 0 saturated carbocycles. The summed E-state index contributed by atoms with van der Waals surface area (Å²) in [6.45, 7) is 3.96. The Kier molecular flexibility index (Phi) is 5.73. The van der Waals surface area contributed by atoms with E-state index in [1.807, 2.05) is 38.1 Å². The monoisotopic (exact) mass is 428 g/mol. The van der Waals surface area contributed by atoms with Gasteiger partial charge in [-0.05, 0) is 61.9 Å². The Hall–Kier alpha value is -3.64. The van der Waals surface area contributed by atoms with Crippen LogP contribution in [0.3, 0.4) is 0 Å². The minimum Gasteiger partial charge on any atom is -0.273 e. The topological polar surface area (TPSA) is 66.5 Å². The molecule has 1 saturated heterocycles. The van der Waals surface area contributed by atoms with Gasteiger partial charge in [-0.25, -0.2) is 9.69 Å². The largest absolute Gasteiger partial charge is 0.335 e. The van der Waals surface area contributed by atoms with Gasteiger partial charge in [0.25, 0.3) is 11.8 Å². The number of nitrogens with one attached hydrogen (secondary N) is 1. The highest BCUT2D eigenvalue weighted by Crippen LogP contribution is 2.28. The fraction of sp³-hybridized carbons (Fsp3) is 0.0800. The number of anilines is 1. The van der Waals surface area contributed by atoms with Crippen LogP contribution in [0.4, 0.5) is 10.5 Å². The fourth-order valence-corrected chi connectivity index (χ4v) is 3.94. The molecule has 0 bridgehead atoms. The molecule has 0 aromatic heterocycles. The van der Waals surface area contributed by atoms with Gasteiger partial charge in [0, 0.05) is 9.79 Å². The van der Waals surface area contributed by atoms with E-state index in [9.17, 15) is 14.4 Å². The van der Waals surface area contributed by atoms with E-state index in [-0.39, 0.29) is 5.57 Å². The van der Waals surface area contributed by atoms with Crippen LogP contribution in [0, 0.1) is 13.8 Å². The summed E-state index contributed by atoms with van der Waals surface area (Å²) >= 11 is 1.63. The van der Waals surface area contributed by atoms with Gasteiger partial charge in [-0.1, -0.05) is 59.3 Å². The number of hydrogen-bond donors (Lipinski definition) is 1. The summed E-state index contributed by atoms with van der Waals surface area (Å²) in [7, 11) is 0. The van der Waals surface area contributed by atoms with E-state index in [2.05, 4.69) is 29.6 Å². The van der Waals surface area contributed by atoms with Crippen LogP contribution in [0.5, 0.6) is 0 Å². The summed E-state index contributed by atoms with van der Waals surface area (Å²) in [5.74, 6) is -1.34. The lowest BCUT2D eigenvalue weighted by Gasteiger charge is -2.26. The predicted molar refractivity (Wildman–Crippen MR) is 122 cm³/mol. The average Bonchev–Trinajstić information content (AvgIpc) is 2.75. The third-order valence-corrected chi connectivity index (χ3v) is 5.86. The zero-order valence-electron chi connectivity index (χ0n) is 17.1. The number of carbonyl (C=O) groups is 3. The van der Waals surface area contributed by atoms with Crippen LogP contribution in [0.25, 0.3) is 6.08 Å². The van der Waals surface area contributed by atoms with E-state index in [1.54, 1.807) is 36.0 Å². The molecule has 6 heteroatoms. The number of amides is 4. The van der Waals surface area contributed by atoms with Gasteiger partial charge in [-0.3, -0.25) is 14.9 Å². The number of imide groups is 2. The molecule has 0 radical (unpaired) electrons. The number of rotatable bonds is 4. The Morgan fingerprint density at radius 3 is 1.84 bits per heavy atom. The van der Waals surface area contributed by atoms with Gasteiger partial charge in [-0.2, -0.15) is 0 Å². The molecule has 1 N–H and O–H groups in total. The van der Waals surface area contributed by atoms with Crippen molar-refractivity contribution in [2.75, 3.05) is 4.90 Å². The molecule has 1 heterocycles. The van der Waals surface area contributed by atoms with Crippen LogP contribution >= 0.6 is 11.8 Å². The molecule has 0 spiro atoms. The molecule has 31 heavy (non-hydrogen) atoms. The predicted octanol–water partition coefficient (Wildman–Crippen LogP) is 5.12. The second-order valence-corrected chi connectivity index (χ2v) is 8.42. The second-order valence-electron chi connectivity index (χ2n) is 7.28. The van der Waals surface area contributed by atoms with E-state index >= 15 is 0 Å². The lowest BCUT2D eigenvalue weighted by atomic mass is 10.1. The molecule has 4 rings (SSSR count). The van der Waals surface area contributed by atoms with Crippen LogP contribution < -0.4 is 10.2 Å². The summed E-state index contributed by atoms with van der Waals surface area (Å²) in [4.78, 5) is 40.7. The number of carbonyl (C=O) groups excluding carboxylic acids is 3. The van der Waals surface area contributed by atoms with Crippen molar-refractivity contribution in [3.05, 3.63) is 95.1 Å². The summed E-state index contributed by atoms with van der Waals surface area (Å²) in [5, 5.41) is 2.25.